The van der Waals surface area contributed by atoms with E-state index in [1.807, 2.05) is 44.2 Å². The molecular weight excluding hydrogens is 408 g/mol. The molecule has 1 unspecified atom stereocenters. The van der Waals surface area contributed by atoms with Crippen LogP contribution in [0.4, 0.5) is 0 Å². The summed E-state index contributed by atoms with van der Waals surface area (Å²) in [5.41, 5.74) is -0.233. The van der Waals surface area contributed by atoms with Crippen LogP contribution in [0.2, 0.25) is 0 Å². The summed E-state index contributed by atoms with van der Waals surface area (Å²) in [7, 11) is 0. The lowest BCUT2D eigenvalue weighted by atomic mass is 10.0. The molecule has 170 valence electrons. The molecule has 2 heterocycles. The fraction of sp³-hybridized carbons (Fsp3) is 0.333. The standard InChI is InChI=1S/C24H30N4O4/c1-4-25-23(28-17-24(3,29)21-11-8-14-31-21)27-16-18-12-13-22(26-15-18)32-20-10-7-6-9-19(20)30-5-2/h6-15,29H,4-5,16-17H2,1-3H3,(H2,25,27,28). The number of benzene rings is 1. The van der Waals surface area contributed by atoms with Crippen molar-refractivity contribution in [2.24, 2.45) is 4.99 Å². The predicted octanol–water partition coefficient (Wildman–Crippen LogP) is 3.83. The van der Waals surface area contributed by atoms with Crippen LogP contribution in [0.5, 0.6) is 17.4 Å². The Balaban J connectivity index is 1.60. The quantitative estimate of drug-likeness (QED) is 0.327. The van der Waals surface area contributed by atoms with E-state index in [9.17, 15) is 5.11 Å². The maximum atomic E-state index is 10.6. The Morgan fingerprint density at radius 1 is 1.09 bits per heavy atom. The topological polar surface area (TPSA) is 101 Å². The van der Waals surface area contributed by atoms with Gasteiger partial charge in [0.05, 0.1) is 26.0 Å². The number of nitrogens with zero attached hydrogens (tertiary/aromatic N) is 2. The highest BCUT2D eigenvalue weighted by molar-refractivity contribution is 5.79. The van der Waals surface area contributed by atoms with Crippen LogP contribution in [0.25, 0.3) is 0 Å². The second kappa shape index (κ2) is 11.2. The molecule has 0 aliphatic carbocycles. The van der Waals surface area contributed by atoms with Crippen molar-refractivity contribution >= 4 is 5.96 Å². The fourth-order valence-electron chi connectivity index (χ4n) is 2.93. The highest BCUT2D eigenvalue weighted by Gasteiger charge is 2.26. The zero-order valence-corrected chi connectivity index (χ0v) is 18.7. The number of ether oxygens (including phenoxy) is 2. The van der Waals surface area contributed by atoms with E-state index in [-0.39, 0.29) is 6.54 Å². The Morgan fingerprint density at radius 2 is 1.91 bits per heavy atom. The molecule has 3 aromatic rings. The van der Waals surface area contributed by atoms with Gasteiger partial charge < -0.3 is 29.6 Å². The van der Waals surface area contributed by atoms with Gasteiger partial charge in [-0.05, 0) is 50.6 Å². The van der Waals surface area contributed by atoms with Crippen LogP contribution in [0, 0.1) is 0 Å². The largest absolute Gasteiger partial charge is 0.490 e. The van der Waals surface area contributed by atoms with Crippen LogP contribution >= 0.6 is 0 Å². The van der Waals surface area contributed by atoms with Gasteiger partial charge in [0.2, 0.25) is 5.88 Å². The van der Waals surface area contributed by atoms with Crippen LogP contribution in [0.3, 0.4) is 0 Å². The summed E-state index contributed by atoms with van der Waals surface area (Å²) in [4.78, 5) is 8.95. The maximum absolute atomic E-state index is 10.6. The number of furan rings is 1. The van der Waals surface area contributed by atoms with E-state index >= 15 is 0 Å². The van der Waals surface area contributed by atoms with Gasteiger partial charge in [-0.1, -0.05) is 18.2 Å². The lowest BCUT2D eigenvalue weighted by Gasteiger charge is -2.22. The number of guanidine groups is 1. The Morgan fingerprint density at radius 3 is 2.56 bits per heavy atom. The van der Waals surface area contributed by atoms with Gasteiger partial charge >= 0.3 is 0 Å². The first kappa shape index (κ1) is 23.1. The molecule has 0 saturated heterocycles. The number of aliphatic hydroxyl groups is 1. The average Bonchev–Trinajstić information content (AvgIpc) is 3.34. The zero-order valence-electron chi connectivity index (χ0n) is 18.7. The molecule has 0 spiro atoms. The lowest BCUT2D eigenvalue weighted by molar-refractivity contribution is 0.0386. The van der Waals surface area contributed by atoms with Crippen molar-refractivity contribution in [3.05, 3.63) is 72.3 Å². The molecule has 8 heteroatoms. The molecule has 2 aromatic heterocycles. The number of hydrogen-bond donors (Lipinski definition) is 3. The summed E-state index contributed by atoms with van der Waals surface area (Å²) >= 11 is 0. The van der Waals surface area contributed by atoms with Crippen molar-refractivity contribution in [1.29, 1.82) is 0 Å². The van der Waals surface area contributed by atoms with Crippen LogP contribution in [-0.2, 0) is 12.1 Å². The second-order valence-corrected chi connectivity index (χ2v) is 7.29. The summed E-state index contributed by atoms with van der Waals surface area (Å²) in [6.45, 7) is 7.52. The molecule has 8 nitrogen and oxygen atoms in total. The van der Waals surface area contributed by atoms with Gasteiger partial charge in [-0.25, -0.2) is 9.98 Å². The van der Waals surface area contributed by atoms with Gasteiger partial charge in [-0.15, -0.1) is 0 Å². The Kier molecular flexibility index (Phi) is 8.10. The average molecular weight is 439 g/mol. The second-order valence-electron chi connectivity index (χ2n) is 7.29. The molecule has 32 heavy (non-hydrogen) atoms. The molecule has 3 rings (SSSR count). The summed E-state index contributed by atoms with van der Waals surface area (Å²) in [6.07, 6.45) is 3.27. The minimum Gasteiger partial charge on any atom is -0.490 e. The molecule has 0 saturated carbocycles. The number of pyridine rings is 1. The molecule has 0 bridgehead atoms. The van der Waals surface area contributed by atoms with Crippen LogP contribution < -0.4 is 20.1 Å². The van der Waals surface area contributed by atoms with Crippen molar-refractivity contribution in [2.45, 2.75) is 32.9 Å². The van der Waals surface area contributed by atoms with Crippen molar-refractivity contribution in [3.63, 3.8) is 0 Å². The third kappa shape index (κ3) is 6.49. The van der Waals surface area contributed by atoms with E-state index in [1.54, 1.807) is 37.6 Å². The van der Waals surface area contributed by atoms with E-state index in [1.165, 1.54) is 0 Å². The van der Waals surface area contributed by atoms with E-state index in [0.29, 0.717) is 48.8 Å². The number of aromatic nitrogens is 1. The Labute approximate surface area is 188 Å². The predicted molar refractivity (Wildman–Crippen MR) is 123 cm³/mol. The van der Waals surface area contributed by atoms with Gasteiger partial charge in [0.25, 0.3) is 0 Å². The lowest BCUT2D eigenvalue weighted by Crippen LogP contribution is -2.44. The number of para-hydroxylation sites is 2. The third-order valence-corrected chi connectivity index (χ3v) is 4.58. The van der Waals surface area contributed by atoms with E-state index in [0.717, 1.165) is 5.56 Å². The highest BCUT2D eigenvalue weighted by atomic mass is 16.5. The summed E-state index contributed by atoms with van der Waals surface area (Å²) < 4.78 is 16.8. The van der Waals surface area contributed by atoms with Gasteiger partial charge in [0.1, 0.15) is 11.4 Å². The number of rotatable bonds is 10. The SMILES string of the molecule is CCNC(=NCc1ccc(Oc2ccccc2OCC)nc1)NCC(C)(O)c1ccco1. The highest BCUT2D eigenvalue weighted by Crippen LogP contribution is 2.30. The number of nitrogens with one attached hydrogen (secondary N) is 2. The normalized spacial score (nSPS) is 13.3. The molecule has 0 aliphatic rings. The molecule has 1 aromatic carbocycles. The van der Waals surface area contributed by atoms with E-state index in [2.05, 4.69) is 20.6 Å². The van der Waals surface area contributed by atoms with Crippen molar-refractivity contribution in [2.75, 3.05) is 19.7 Å². The van der Waals surface area contributed by atoms with E-state index in [4.69, 9.17) is 13.9 Å². The molecule has 1 atom stereocenters. The first-order chi connectivity index (χ1) is 15.5. The molecule has 0 radical (unpaired) electrons. The minimum atomic E-state index is -1.15. The van der Waals surface area contributed by atoms with Crippen LogP contribution in [0.1, 0.15) is 32.1 Å². The van der Waals surface area contributed by atoms with Crippen LogP contribution in [0.15, 0.2) is 70.4 Å². The molecule has 0 fully saturated rings. The third-order valence-electron chi connectivity index (χ3n) is 4.58. The van der Waals surface area contributed by atoms with Crippen molar-refractivity contribution < 1.29 is 19.0 Å². The van der Waals surface area contributed by atoms with Gasteiger partial charge in [0, 0.05) is 18.8 Å². The van der Waals surface area contributed by atoms with Gasteiger partial charge in [-0.3, -0.25) is 0 Å². The van der Waals surface area contributed by atoms with Crippen molar-refractivity contribution in [1.82, 2.24) is 15.6 Å². The summed E-state index contributed by atoms with van der Waals surface area (Å²) in [5, 5.41) is 16.9. The monoisotopic (exact) mass is 438 g/mol. The minimum absolute atomic E-state index is 0.247. The van der Waals surface area contributed by atoms with E-state index < -0.39 is 5.60 Å². The molecular formula is C24H30N4O4. The Bertz CT molecular complexity index is 985. The van der Waals surface area contributed by atoms with Crippen molar-refractivity contribution in [3.8, 4) is 17.4 Å². The summed E-state index contributed by atoms with van der Waals surface area (Å²) in [6, 6.07) is 14.7. The molecule has 3 N–H and O–H groups in total. The molecule has 0 aliphatic heterocycles. The number of aliphatic imine (C=N–C) groups is 1. The first-order valence-corrected chi connectivity index (χ1v) is 10.6. The van der Waals surface area contributed by atoms with Gasteiger partial charge in [-0.2, -0.15) is 0 Å². The van der Waals surface area contributed by atoms with Crippen LogP contribution in [-0.4, -0.2) is 35.7 Å². The van der Waals surface area contributed by atoms with Gasteiger partial charge in [0.15, 0.2) is 17.5 Å². The Hall–Kier alpha value is -3.52. The first-order valence-electron chi connectivity index (χ1n) is 10.6. The summed E-state index contributed by atoms with van der Waals surface area (Å²) in [5.74, 6) is 2.85. The molecule has 0 amide bonds. The number of hydrogen-bond acceptors (Lipinski definition) is 6. The zero-order chi connectivity index (χ0) is 22.8. The maximum Gasteiger partial charge on any atom is 0.219 e. The smallest absolute Gasteiger partial charge is 0.219 e. The fourth-order valence-corrected chi connectivity index (χ4v) is 2.93.